The van der Waals surface area contributed by atoms with Crippen molar-refractivity contribution >= 4 is 27.0 Å². The van der Waals surface area contributed by atoms with E-state index in [9.17, 15) is 8.42 Å². The molecule has 2 rings (SSSR count). The molecule has 1 heterocycles. The van der Waals surface area contributed by atoms with Crippen LogP contribution in [0.4, 0.5) is 5.69 Å². The van der Waals surface area contributed by atoms with Gasteiger partial charge in [0, 0.05) is 22.0 Å². The number of para-hydroxylation sites is 1. The second-order valence-electron chi connectivity index (χ2n) is 3.81. The van der Waals surface area contributed by atoms with Gasteiger partial charge in [-0.1, -0.05) is 18.2 Å². The fraction of sp³-hybridized carbons (Fsp3) is 0.167. The molecule has 0 saturated heterocycles. The SMILES string of the molecule is Cc1sc(CN)cc1S(=O)(=O)Nc1ccccc1. The first-order chi connectivity index (χ1) is 8.53. The molecule has 2 aromatic rings. The van der Waals surface area contributed by atoms with Crippen molar-refractivity contribution in [3.8, 4) is 0 Å². The maximum atomic E-state index is 12.2. The number of hydrogen-bond acceptors (Lipinski definition) is 4. The summed E-state index contributed by atoms with van der Waals surface area (Å²) in [5, 5.41) is 0. The average Bonchev–Trinajstić information content (AvgIpc) is 2.72. The second-order valence-corrected chi connectivity index (χ2v) is 6.80. The van der Waals surface area contributed by atoms with Crippen LogP contribution in [0.3, 0.4) is 0 Å². The minimum atomic E-state index is -3.53. The van der Waals surface area contributed by atoms with Gasteiger partial charge in [-0.25, -0.2) is 8.42 Å². The van der Waals surface area contributed by atoms with E-state index >= 15 is 0 Å². The van der Waals surface area contributed by atoms with Crippen LogP contribution in [0, 0.1) is 6.92 Å². The van der Waals surface area contributed by atoms with E-state index in [4.69, 9.17) is 5.73 Å². The second kappa shape index (κ2) is 5.09. The lowest BCUT2D eigenvalue weighted by Crippen LogP contribution is -2.13. The Labute approximate surface area is 111 Å². The minimum Gasteiger partial charge on any atom is -0.326 e. The van der Waals surface area contributed by atoms with Crippen LogP contribution in [0.25, 0.3) is 0 Å². The van der Waals surface area contributed by atoms with Crippen molar-refractivity contribution in [3.63, 3.8) is 0 Å². The van der Waals surface area contributed by atoms with Crippen LogP contribution in [0.2, 0.25) is 0 Å². The lowest BCUT2D eigenvalue weighted by molar-refractivity contribution is 0.601. The predicted molar refractivity (Wildman–Crippen MR) is 74.2 cm³/mol. The van der Waals surface area contributed by atoms with Crippen molar-refractivity contribution in [3.05, 3.63) is 46.2 Å². The van der Waals surface area contributed by atoms with Crippen LogP contribution >= 0.6 is 11.3 Å². The molecule has 0 aliphatic carbocycles. The smallest absolute Gasteiger partial charge is 0.263 e. The van der Waals surface area contributed by atoms with Gasteiger partial charge in [-0.3, -0.25) is 4.72 Å². The standard InChI is InChI=1S/C12H14N2O2S2/c1-9-12(7-11(8-13)17-9)18(15,16)14-10-5-3-2-4-6-10/h2-7,14H,8,13H2,1H3. The fourth-order valence-electron chi connectivity index (χ4n) is 1.61. The summed E-state index contributed by atoms with van der Waals surface area (Å²) in [5.41, 5.74) is 6.08. The molecular formula is C12H14N2O2S2. The molecule has 1 aromatic heterocycles. The molecule has 0 saturated carbocycles. The van der Waals surface area contributed by atoms with Gasteiger partial charge in [-0.15, -0.1) is 11.3 Å². The van der Waals surface area contributed by atoms with E-state index in [0.29, 0.717) is 17.1 Å². The van der Waals surface area contributed by atoms with Crippen LogP contribution in [0.5, 0.6) is 0 Å². The molecule has 0 bridgehead atoms. The third kappa shape index (κ3) is 2.72. The lowest BCUT2D eigenvalue weighted by Gasteiger charge is -2.06. The Morgan fingerprint density at radius 2 is 1.94 bits per heavy atom. The molecule has 0 aliphatic heterocycles. The molecule has 1 aromatic carbocycles. The third-order valence-corrected chi connectivity index (χ3v) is 5.15. The molecule has 96 valence electrons. The Bertz CT molecular complexity index is 633. The van der Waals surface area contributed by atoms with E-state index in [-0.39, 0.29) is 0 Å². The largest absolute Gasteiger partial charge is 0.326 e. The van der Waals surface area contributed by atoms with Crippen molar-refractivity contribution in [1.82, 2.24) is 0 Å². The number of nitrogens with two attached hydrogens (primary N) is 1. The van der Waals surface area contributed by atoms with Gasteiger partial charge < -0.3 is 5.73 Å². The number of nitrogens with one attached hydrogen (secondary N) is 1. The van der Waals surface area contributed by atoms with Crippen molar-refractivity contribution < 1.29 is 8.42 Å². The van der Waals surface area contributed by atoms with Crippen LogP contribution in [-0.2, 0) is 16.6 Å². The number of rotatable bonds is 4. The molecule has 0 radical (unpaired) electrons. The summed E-state index contributed by atoms with van der Waals surface area (Å²) in [5.74, 6) is 0. The highest BCUT2D eigenvalue weighted by molar-refractivity contribution is 7.93. The predicted octanol–water partition coefficient (Wildman–Crippen LogP) is 2.32. The average molecular weight is 282 g/mol. The first kappa shape index (κ1) is 13.1. The Hall–Kier alpha value is -1.37. The normalized spacial score (nSPS) is 11.4. The van der Waals surface area contributed by atoms with E-state index in [1.165, 1.54) is 11.3 Å². The minimum absolute atomic E-state index is 0.303. The highest BCUT2D eigenvalue weighted by Gasteiger charge is 2.19. The van der Waals surface area contributed by atoms with Crippen molar-refractivity contribution in [2.24, 2.45) is 5.73 Å². The molecule has 0 spiro atoms. The highest BCUT2D eigenvalue weighted by Crippen LogP contribution is 2.27. The fourth-order valence-corrected chi connectivity index (χ4v) is 4.18. The molecule has 0 unspecified atom stereocenters. The van der Waals surface area contributed by atoms with E-state index in [2.05, 4.69) is 4.72 Å². The summed E-state index contributed by atoms with van der Waals surface area (Å²) in [7, 11) is -3.53. The van der Waals surface area contributed by atoms with E-state index in [1.54, 1.807) is 37.3 Å². The van der Waals surface area contributed by atoms with Gasteiger partial charge in [0.05, 0.1) is 0 Å². The number of thiophene rings is 1. The summed E-state index contributed by atoms with van der Waals surface area (Å²) in [6.45, 7) is 2.13. The molecule has 18 heavy (non-hydrogen) atoms. The van der Waals surface area contributed by atoms with Crippen molar-refractivity contribution in [1.29, 1.82) is 0 Å². The maximum absolute atomic E-state index is 12.2. The molecule has 0 fully saturated rings. The van der Waals surface area contributed by atoms with Gasteiger partial charge in [0.2, 0.25) is 0 Å². The third-order valence-electron chi connectivity index (χ3n) is 2.44. The zero-order valence-electron chi connectivity index (χ0n) is 9.88. The van der Waals surface area contributed by atoms with E-state index < -0.39 is 10.0 Å². The molecular weight excluding hydrogens is 268 g/mol. The molecule has 3 N–H and O–H groups in total. The molecule has 0 aliphatic rings. The van der Waals surface area contributed by atoms with Crippen LogP contribution in [-0.4, -0.2) is 8.42 Å². The highest BCUT2D eigenvalue weighted by atomic mass is 32.2. The first-order valence-corrected chi connectivity index (χ1v) is 7.70. The number of anilines is 1. The summed E-state index contributed by atoms with van der Waals surface area (Å²) in [4.78, 5) is 1.91. The quantitative estimate of drug-likeness (QED) is 0.904. The van der Waals surface area contributed by atoms with Crippen LogP contribution in [0.15, 0.2) is 41.3 Å². The zero-order valence-corrected chi connectivity index (χ0v) is 11.5. The maximum Gasteiger partial charge on any atom is 0.263 e. The Balaban J connectivity index is 2.34. The van der Waals surface area contributed by atoms with E-state index in [0.717, 1.165) is 9.75 Å². The Kier molecular flexibility index (Phi) is 3.70. The number of benzene rings is 1. The summed E-state index contributed by atoms with van der Waals surface area (Å²) >= 11 is 1.41. The van der Waals surface area contributed by atoms with Gasteiger partial charge in [0.25, 0.3) is 10.0 Å². The number of hydrogen-bond donors (Lipinski definition) is 2. The van der Waals surface area contributed by atoms with E-state index in [1.807, 2.05) is 6.07 Å². The van der Waals surface area contributed by atoms with Crippen LogP contribution in [0.1, 0.15) is 9.75 Å². The monoisotopic (exact) mass is 282 g/mol. The molecule has 0 atom stereocenters. The molecule has 0 amide bonds. The molecule has 4 nitrogen and oxygen atoms in total. The zero-order chi connectivity index (χ0) is 13.2. The van der Waals surface area contributed by atoms with Crippen molar-refractivity contribution in [2.45, 2.75) is 18.4 Å². The van der Waals surface area contributed by atoms with Gasteiger partial charge in [-0.05, 0) is 25.1 Å². The summed E-state index contributed by atoms with van der Waals surface area (Å²) in [6, 6.07) is 10.4. The van der Waals surface area contributed by atoms with Gasteiger partial charge in [0.15, 0.2) is 0 Å². The topological polar surface area (TPSA) is 72.2 Å². The lowest BCUT2D eigenvalue weighted by atomic mass is 10.3. The van der Waals surface area contributed by atoms with Crippen LogP contribution < -0.4 is 10.5 Å². The summed E-state index contributed by atoms with van der Waals surface area (Å²) < 4.78 is 27.0. The summed E-state index contributed by atoms with van der Waals surface area (Å²) in [6.07, 6.45) is 0. The van der Waals surface area contributed by atoms with Gasteiger partial charge in [-0.2, -0.15) is 0 Å². The van der Waals surface area contributed by atoms with Crippen molar-refractivity contribution in [2.75, 3.05) is 4.72 Å². The molecule has 6 heteroatoms. The van der Waals surface area contributed by atoms with Gasteiger partial charge >= 0.3 is 0 Å². The number of aryl methyl sites for hydroxylation is 1. The van der Waals surface area contributed by atoms with Gasteiger partial charge in [0.1, 0.15) is 4.90 Å². The first-order valence-electron chi connectivity index (χ1n) is 5.40. The Morgan fingerprint density at radius 1 is 1.28 bits per heavy atom. The Morgan fingerprint density at radius 3 is 2.50 bits per heavy atom. The number of sulfonamides is 1.